The van der Waals surface area contributed by atoms with Crippen LogP contribution in [0.3, 0.4) is 0 Å². The first kappa shape index (κ1) is 20.4. The first-order valence-corrected chi connectivity index (χ1v) is 9.79. The van der Waals surface area contributed by atoms with Crippen LogP contribution < -0.4 is 14.8 Å². The van der Waals surface area contributed by atoms with Crippen LogP contribution >= 0.6 is 11.3 Å². The lowest BCUT2D eigenvalue weighted by molar-refractivity contribution is 0.0533. The van der Waals surface area contributed by atoms with E-state index in [2.05, 4.69) is 5.32 Å². The number of thiophene rings is 1. The number of carbonyl (C=O) groups is 2. The Hall–Kier alpha value is -3.32. The molecule has 1 amide bonds. The molecule has 2 aromatic carbocycles. The topological polar surface area (TPSA) is 73.9 Å². The third kappa shape index (κ3) is 4.41. The van der Waals surface area contributed by atoms with Crippen LogP contribution in [0.1, 0.15) is 27.0 Å². The third-order valence-electron chi connectivity index (χ3n) is 4.15. The average Bonchev–Trinajstić information content (AvgIpc) is 3.17. The number of anilines is 1. The van der Waals surface area contributed by atoms with Crippen molar-refractivity contribution in [3.05, 3.63) is 65.0 Å². The summed E-state index contributed by atoms with van der Waals surface area (Å²) >= 11 is 1.27. The number of nitrogens with one attached hydrogen (secondary N) is 1. The highest BCUT2D eigenvalue weighted by Gasteiger charge is 2.22. The summed E-state index contributed by atoms with van der Waals surface area (Å²) < 4.78 is 15.8. The van der Waals surface area contributed by atoms with Gasteiger partial charge in [0.2, 0.25) is 0 Å². The summed E-state index contributed by atoms with van der Waals surface area (Å²) in [6.45, 7) is 1.98. The summed E-state index contributed by atoms with van der Waals surface area (Å²) in [5.74, 6) is -0.124. The predicted octanol–water partition coefficient (Wildman–Crippen LogP) is 4.86. The molecule has 3 aromatic rings. The molecule has 0 bridgehead atoms. The van der Waals surface area contributed by atoms with Gasteiger partial charge in [0, 0.05) is 4.88 Å². The second-order valence-electron chi connectivity index (χ2n) is 5.94. The standard InChI is InChI=1S/C22H21NO5S/c1-4-28-22(25)20-16(13-18(29-20)14-9-6-5-7-10-14)23-21(24)15-11-8-12-17(26-2)19(15)27-3/h5-13H,4H2,1-3H3,(H,23,24). The van der Waals surface area contributed by atoms with Gasteiger partial charge in [-0.25, -0.2) is 4.79 Å². The second kappa shape index (κ2) is 9.25. The molecule has 7 heteroatoms. The van der Waals surface area contributed by atoms with Crippen LogP contribution in [0.5, 0.6) is 11.5 Å². The quantitative estimate of drug-likeness (QED) is 0.562. The van der Waals surface area contributed by atoms with E-state index in [1.54, 1.807) is 31.2 Å². The molecule has 0 spiro atoms. The first-order chi connectivity index (χ1) is 14.1. The van der Waals surface area contributed by atoms with E-state index in [1.807, 2.05) is 30.3 Å². The number of carbonyl (C=O) groups excluding carboxylic acids is 2. The van der Waals surface area contributed by atoms with Crippen LogP contribution in [-0.4, -0.2) is 32.7 Å². The van der Waals surface area contributed by atoms with Crippen molar-refractivity contribution < 1.29 is 23.8 Å². The summed E-state index contributed by atoms with van der Waals surface area (Å²) in [6.07, 6.45) is 0. The number of para-hydroxylation sites is 1. The van der Waals surface area contributed by atoms with Crippen molar-refractivity contribution in [3.63, 3.8) is 0 Å². The SMILES string of the molecule is CCOC(=O)c1sc(-c2ccccc2)cc1NC(=O)c1cccc(OC)c1OC. The van der Waals surface area contributed by atoms with Gasteiger partial charge >= 0.3 is 5.97 Å². The Labute approximate surface area is 173 Å². The van der Waals surface area contributed by atoms with Crippen LogP contribution in [-0.2, 0) is 4.74 Å². The largest absolute Gasteiger partial charge is 0.493 e. The fourth-order valence-electron chi connectivity index (χ4n) is 2.83. The zero-order chi connectivity index (χ0) is 20.8. The number of ether oxygens (including phenoxy) is 3. The predicted molar refractivity (Wildman–Crippen MR) is 113 cm³/mol. The molecule has 0 aliphatic heterocycles. The van der Waals surface area contributed by atoms with E-state index in [1.165, 1.54) is 25.6 Å². The van der Waals surface area contributed by atoms with E-state index in [0.29, 0.717) is 27.6 Å². The summed E-state index contributed by atoms with van der Waals surface area (Å²) in [5, 5.41) is 2.82. The van der Waals surface area contributed by atoms with Crippen molar-refractivity contribution in [2.24, 2.45) is 0 Å². The van der Waals surface area contributed by atoms with Gasteiger partial charge in [-0.3, -0.25) is 4.79 Å². The van der Waals surface area contributed by atoms with Crippen LogP contribution in [0.15, 0.2) is 54.6 Å². The molecule has 0 atom stereocenters. The molecule has 0 aliphatic carbocycles. The van der Waals surface area contributed by atoms with Crippen molar-refractivity contribution in [1.29, 1.82) is 0 Å². The number of hydrogen-bond donors (Lipinski definition) is 1. The minimum Gasteiger partial charge on any atom is -0.493 e. The highest BCUT2D eigenvalue weighted by atomic mass is 32.1. The van der Waals surface area contributed by atoms with Gasteiger partial charge in [-0.05, 0) is 30.7 Å². The minimum atomic E-state index is -0.479. The number of hydrogen-bond acceptors (Lipinski definition) is 6. The van der Waals surface area contributed by atoms with Gasteiger partial charge in [0.15, 0.2) is 11.5 Å². The van der Waals surface area contributed by atoms with Crippen LogP contribution in [0.4, 0.5) is 5.69 Å². The summed E-state index contributed by atoms with van der Waals surface area (Å²) in [5.41, 5.74) is 1.64. The van der Waals surface area contributed by atoms with E-state index >= 15 is 0 Å². The summed E-state index contributed by atoms with van der Waals surface area (Å²) in [6, 6.07) is 16.4. The van der Waals surface area contributed by atoms with Crippen LogP contribution in [0, 0.1) is 0 Å². The van der Waals surface area contributed by atoms with Crippen LogP contribution in [0.25, 0.3) is 10.4 Å². The van der Waals surface area contributed by atoms with E-state index < -0.39 is 11.9 Å². The molecule has 6 nitrogen and oxygen atoms in total. The molecule has 29 heavy (non-hydrogen) atoms. The van der Waals surface area contributed by atoms with Gasteiger partial charge in [0.05, 0.1) is 32.1 Å². The molecule has 1 heterocycles. The third-order valence-corrected chi connectivity index (χ3v) is 5.31. The molecule has 0 fully saturated rings. The summed E-state index contributed by atoms with van der Waals surface area (Å²) in [4.78, 5) is 26.6. The molecule has 0 unspecified atom stereocenters. The normalized spacial score (nSPS) is 10.3. The lowest BCUT2D eigenvalue weighted by Gasteiger charge is -2.12. The molecule has 1 N–H and O–H groups in total. The Bertz CT molecular complexity index is 1010. The second-order valence-corrected chi connectivity index (χ2v) is 6.99. The molecule has 0 aliphatic rings. The van der Waals surface area contributed by atoms with Crippen molar-refractivity contribution in [1.82, 2.24) is 0 Å². The lowest BCUT2D eigenvalue weighted by Crippen LogP contribution is -2.15. The van der Waals surface area contributed by atoms with Crippen molar-refractivity contribution in [3.8, 4) is 21.9 Å². The smallest absolute Gasteiger partial charge is 0.350 e. The number of methoxy groups -OCH3 is 2. The van der Waals surface area contributed by atoms with E-state index in [9.17, 15) is 9.59 Å². The van der Waals surface area contributed by atoms with Gasteiger partial charge in [-0.2, -0.15) is 0 Å². The Kier molecular flexibility index (Phi) is 6.51. The fourth-order valence-corrected chi connectivity index (χ4v) is 3.85. The molecule has 0 saturated heterocycles. The number of benzene rings is 2. The number of amides is 1. The van der Waals surface area contributed by atoms with Crippen LogP contribution in [0.2, 0.25) is 0 Å². The molecule has 1 aromatic heterocycles. The van der Waals surface area contributed by atoms with Crippen molar-refractivity contribution in [2.75, 3.05) is 26.1 Å². The van der Waals surface area contributed by atoms with E-state index in [4.69, 9.17) is 14.2 Å². The number of esters is 1. The monoisotopic (exact) mass is 411 g/mol. The highest BCUT2D eigenvalue weighted by Crippen LogP contribution is 2.37. The fraction of sp³-hybridized carbons (Fsp3) is 0.182. The molecule has 3 rings (SSSR count). The molecular formula is C22H21NO5S. The maximum Gasteiger partial charge on any atom is 0.350 e. The van der Waals surface area contributed by atoms with Gasteiger partial charge in [0.1, 0.15) is 4.88 Å². The Morgan fingerprint density at radius 1 is 1.00 bits per heavy atom. The first-order valence-electron chi connectivity index (χ1n) is 8.97. The van der Waals surface area contributed by atoms with Gasteiger partial charge in [0.25, 0.3) is 5.91 Å². The molecule has 150 valence electrons. The maximum absolute atomic E-state index is 12.9. The average molecular weight is 411 g/mol. The van der Waals surface area contributed by atoms with Gasteiger partial charge < -0.3 is 19.5 Å². The molecule has 0 saturated carbocycles. The maximum atomic E-state index is 12.9. The Morgan fingerprint density at radius 3 is 2.41 bits per heavy atom. The summed E-state index contributed by atoms with van der Waals surface area (Å²) in [7, 11) is 2.97. The van der Waals surface area contributed by atoms with Crippen molar-refractivity contribution in [2.45, 2.75) is 6.92 Å². The van der Waals surface area contributed by atoms with Gasteiger partial charge in [-0.1, -0.05) is 36.4 Å². The van der Waals surface area contributed by atoms with E-state index in [-0.39, 0.29) is 6.61 Å². The van der Waals surface area contributed by atoms with E-state index in [0.717, 1.165) is 10.4 Å². The van der Waals surface area contributed by atoms with Crippen molar-refractivity contribution >= 4 is 28.9 Å². The highest BCUT2D eigenvalue weighted by molar-refractivity contribution is 7.18. The zero-order valence-corrected chi connectivity index (χ0v) is 17.2. The molecular weight excluding hydrogens is 390 g/mol. The Morgan fingerprint density at radius 2 is 1.76 bits per heavy atom. The van der Waals surface area contributed by atoms with Gasteiger partial charge in [-0.15, -0.1) is 11.3 Å². The lowest BCUT2D eigenvalue weighted by atomic mass is 10.1. The Balaban J connectivity index is 1.99. The molecule has 0 radical (unpaired) electrons. The number of rotatable bonds is 7. The minimum absolute atomic E-state index is 0.245. The zero-order valence-electron chi connectivity index (χ0n) is 16.4.